The molecule has 0 aromatic carbocycles. The van der Waals surface area contributed by atoms with Crippen LogP contribution < -0.4 is 5.32 Å². The molecule has 5 rings (SSSR count). The summed E-state index contributed by atoms with van der Waals surface area (Å²) in [4.78, 5) is 30.5. The molecule has 1 saturated heterocycles. The maximum Gasteiger partial charge on any atom is 0.228 e. The van der Waals surface area contributed by atoms with Gasteiger partial charge in [-0.1, -0.05) is 0 Å². The molecule has 4 heterocycles. The molecule has 7 heteroatoms. The van der Waals surface area contributed by atoms with Crippen LogP contribution in [0.15, 0.2) is 42.9 Å². The molecule has 30 heavy (non-hydrogen) atoms. The summed E-state index contributed by atoms with van der Waals surface area (Å²) >= 11 is 0. The van der Waals surface area contributed by atoms with Gasteiger partial charge in [0.1, 0.15) is 5.82 Å². The average Bonchev–Trinajstić information content (AvgIpc) is 3.61. The van der Waals surface area contributed by atoms with Crippen LogP contribution in [0.5, 0.6) is 0 Å². The van der Waals surface area contributed by atoms with E-state index in [-0.39, 0.29) is 11.8 Å². The first-order valence-electron chi connectivity index (χ1n) is 10.6. The lowest BCUT2D eigenvalue weighted by Crippen LogP contribution is -2.43. The summed E-state index contributed by atoms with van der Waals surface area (Å²) in [5.74, 6) is 0.765. The number of anilines is 1. The van der Waals surface area contributed by atoms with Crippen molar-refractivity contribution in [3.63, 3.8) is 0 Å². The summed E-state index contributed by atoms with van der Waals surface area (Å²) in [6.45, 7) is 5.28. The highest BCUT2D eigenvalue weighted by Gasteiger charge is 2.29. The number of carbonyl (C=O) groups excluding carboxylic acids is 1. The van der Waals surface area contributed by atoms with Gasteiger partial charge in [-0.15, -0.1) is 0 Å². The molecule has 154 valence electrons. The van der Waals surface area contributed by atoms with Crippen molar-refractivity contribution in [3.05, 3.63) is 48.4 Å². The fourth-order valence-electron chi connectivity index (χ4n) is 3.80. The third kappa shape index (κ3) is 4.32. The zero-order valence-corrected chi connectivity index (χ0v) is 17.2. The topological polar surface area (TPSA) is 74.2 Å². The molecule has 2 aliphatic rings. The van der Waals surface area contributed by atoms with Crippen molar-refractivity contribution < 1.29 is 4.79 Å². The predicted octanol–water partition coefficient (Wildman–Crippen LogP) is 2.79. The fourth-order valence-corrected chi connectivity index (χ4v) is 3.80. The fraction of sp³-hybridized carbons (Fsp3) is 0.391. The van der Waals surface area contributed by atoms with Gasteiger partial charge in [0.15, 0.2) is 0 Å². The molecule has 1 saturated carbocycles. The molecule has 0 spiro atoms. The number of nitrogens with one attached hydrogen (secondary N) is 1. The van der Waals surface area contributed by atoms with E-state index < -0.39 is 0 Å². The SMILES string of the molecule is CN1CCN(Cc2cncc(-c3ccc4cnc(NC(=O)C5CC5)cc4n3)c2)CC1. The maximum atomic E-state index is 12.0. The van der Waals surface area contributed by atoms with E-state index in [2.05, 4.69) is 38.2 Å². The quantitative estimate of drug-likeness (QED) is 0.707. The van der Waals surface area contributed by atoms with Crippen LogP contribution in [0.4, 0.5) is 5.82 Å². The van der Waals surface area contributed by atoms with Crippen molar-refractivity contribution >= 4 is 22.6 Å². The van der Waals surface area contributed by atoms with Gasteiger partial charge in [0.25, 0.3) is 0 Å². The number of fused-ring (bicyclic) bond motifs is 1. The van der Waals surface area contributed by atoms with Gasteiger partial charge in [0, 0.05) is 74.2 Å². The maximum absolute atomic E-state index is 12.0. The summed E-state index contributed by atoms with van der Waals surface area (Å²) < 4.78 is 0. The molecule has 0 unspecified atom stereocenters. The third-order valence-electron chi connectivity index (χ3n) is 5.87. The van der Waals surface area contributed by atoms with Crippen LogP contribution in [-0.2, 0) is 11.3 Å². The molecule has 3 aromatic heterocycles. The normalized spacial score (nSPS) is 17.9. The van der Waals surface area contributed by atoms with Crippen molar-refractivity contribution in [1.29, 1.82) is 0 Å². The largest absolute Gasteiger partial charge is 0.310 e. The Balaban J connectivity index is 1.36. The van der Waals surface area contributed by atoms with Gasteiger partial charge in [-0.05, 0) is 43.7 Å². The van der Waals surface area contributed by atoms with Crippen molar-refractivity contribution in [3.8, 4) is 11.3 Å². The third-order valence-corrected chi connectivity index (χ3v) is 5.87. The second-order valence-electron chi connectivity index (χ2n) is 8.38. The lowest BCUT2D eigenvalue weighted by Gasteiger charge is -2.32. The smallest absolute Gasteiger partial charge is 0.228 e. The van der Waals surface area contributed by atoms with Gasteiger partial charge in [-0.2, -0.15) is 0 Å². The molecule has 1 aliphatic carbocycles. The molecule has 2 fully saturated rings. The van der Waals surface area contributed by atoms with Gasteiger partial charge < -0.3 is 10.2 Å². The Kier molecular flexibility index (Phi) is 5.14. The van der Waals surface area contributed by atoms with Gasteiger partial charge in [0.2, 0.25) is 5.91 Å². The lowest BCUT2D eigenvalue weighted by atomic mass is 10.1. The number of amides is 1. The number of hydrogen-bond donors (Lipinski definition) is 1. The summed E-state index contributed by atoms with van der Waals surface area (Å²) in [6, 6.07) is 8.05. The molecule has 0 bridgehead atoms. The predicted molar refractivity (Wildman–Crippen MR) is 117 cm³/mol. The Labute approximate surface area is 176 Å². The number of carbonyl (C=O) groups is 1. The number of nitrogens with zero attached hydrogens (tertiary/aromatic N) is 5. The van der Waals surface area contributed by atoms with Crippen LogP contribution in [0.2, 0.25) is 0 Å². The Morgan fingerprint density at radius 2 is 1.93 bits per heavy atom. The van der Waals surface area contributed by atoms with E-state index in [9.17, 15) is 4.79 Å². The highest BCUT2D eigenvalue weighted by atomic mass is 16.2. The van der Waals surface area contributed by atoms with Gasteiger partial charge in [-0.25, -0.2) is 9.97 Å². The Morgan fingerprint density at radius 3 is 2.73 bits per heavy atom. The van der Waals surface area contributed by atoms with Crippen molar-refractivity contribution in [2.45, 2.75) is 19.4 Å². The minimum absolute atomic E-state index is 0.0545. The second kappa shape index (κ2) is 8.08. The molecule has 7 nitrogen and oxygen atoms in total. The summed E-state index contributed by atoms with van der Waals surface area (Å²) in [6.07, 6.45) is 7.51. The van der Waals surface area contributed by atoms with E-state index in [1.807, 2.05) is 30.6 Å². The first kappa shape index (κ1) is 19.1. The van der Waals surface area contributed by atoms with E-state index in [1.165, 1.54) is 5.56 Å². The standard InChI is InChI=1S/C23H26N6O/c1-28-6-8-29(9-7-28)15-16-10-19(13-24-12-16)20-5-4-18-14-25-22(11-21(18)26-20)27-23(30)17-2-3-17/h4-5,10-14,17H,2-3,6-9,15H2,1H3,(H,25,27,30). The van der Waals surface area contributed by atoms with Crippen LogP contribution in [0.25, 0.3) is 22.2 Å². The first-order valence-corrected chi connectivity index (χ1v) is 10.6. The number of aromatic nitrogens is 3. The van der Waals surface area contributed by atoms with E-state index >= 15 is 0 Å². The molecular weight excluding hydrogens is 376 g/mol. The highest BCUT2D eigenvalue weighted by molar-refractivity contribution is 5.95. The van der Waals surface area contributed by atoms with Crippen LogP contribution in [0, 0.1) is 5.92 Å². The number of hydrogen-bond acceptors (Lipinski definition) is 6. The number of piperazine rings is 1. The Bertz CT molecular complexity index is 1070. The van der Waals surface area contributed by atoms with Crippen molar-refractivity contribution in [2.24, 2.45) is 5.92 Å². The Hall–Kier alpha value is -2.90. The molecular formula is C23H26N6O. The summed E-state index contributed by atoms with van der Waals surface area (Å²) in [5.41, 5.74) is 3.90. The van der Waals surface area contributed by atoms with E-state index in [4.69, 9.17) is 4.98 Å². The number of pyridine rings is 3. The monoisotopic (exact) mass is 402 g/mol. The first-order chi connectivity index (χ1) is 14.6. The van der Waals surface area contributed by atoms with Crippen LogP contribution in [0.1, 0.15) is 18.4 Å². The summed E-state index contributed by atoms with van der Waals surface area (Å²) in [7, 11) is 2.17. The van der Waals surface area contributed by atoms with Crippen LogP contribution >= 0.6 is 0 Å². The van der Waals surface area contributed by atoms with Gasteiger partial charge in [-0.3, -0.25) is 14.7 Å². The average molecular weight is 403 g/mol. The zero-order chi connectivity index (χ0) is 20.5. The molecule has 3 aromatic rings. The number of likely N-dealkylation sites (N-methyl/N-ethyl adjacent to an activating group) is 1. The van der Waals surface area contributed by atoms with E-state index in [0.717, 1.165) is 67.7 Å². The highest BCUT2D eigenvalue weighted by Crippen LogP contribution is 2.30. The van der Waals surface area contributed by atoms with Crippen LogP contribution in [0.3, 0.4) is 0 Å². The molecule has 0 atom stereocenters. The minimum atomic E-state index is 0.0545. The van der Waals surface area contributed by atoms with E-state index in [0.29, 0.717) is 5.82 Å². The van der Waals surface area contributed by atoms with Crippen molar-refractivity contribution in [1.82, 2.24) is 24.8 Å². The molecule has 1 aliphatic heterocycles. The second-order valence-corrected chi connectivity index (χ2v) is 8.38. The molecule has 1 N–H and O–H groups in total. The van der Waals surface area contributed by atoms with E-state index in [1.54, 1.807) is 6.20 Å². The van der Waals surface area contributed by atoms with Gasteiger partial charge in [0.05, 0.1) is 11.2 Å². The van der Waals surface area contributed by atoms with Gasteiger partial charge >= 0.3 is 0 Å². The minimum Gasteiger partial charge on any atom is -0.310 e. The molecule has 1 amide bonds. The number of rotatable bonds is 5. The Morgan fingerprint density at radius 1 is 1.10 bits per heavy atom. The van der Waals surface area contributed by atoms with Crippen LogP contribution in [-0.4, -0.2) is 63.9 Å². The lowest BCUT2D eigenvalue weighted by molar-refractivity contribution is -0.117. The zero-order valence-electron chi connectivity index (χ0n) is 17.2. The molecule has 0 radical (unpaired) electrons. The van der Waals surface area contributed by atoms with Crippen molar-refractivity contribution in [2.75, 3.05) is 38.5 Å². The summed E-state index contributed by atoms with van der Waals surface area (Å²) in [5, 5.41) is 3.85.